The summed E-state index contributed by atoms with van der Waals surface area (Å²) in [6, 6.07) is 27.9. The Morgan fingerprint density at radius 1 is 0.854 bits per heavy atom. The Bertz CT molecular complexity index is 1370. The van der Waals surface area contributed by atoms with E-state index < -0.39 is 36.2 Å². The lowest BCUT2D eigenvalue weighted by molar-refractivity contribution is 0.0514. The average Bonchev–Trinajstić information content (AvgIpc) is 2.90. The molecule has 0 spiro atoms. The van der Waals surface area contributed by atoms with Crippen LogP contribution in [0.3, 0.4) is 0 Å². The van der Waals surface area contributed by atoms with E-state index in [2.05, 4.69) is 54.5 Å². The normalized spacial score (nSPS) is 13.5. The summed E-state index contributed by atoms with van der Waals surface area (Å²) in [6.07, 6.45) is 1.07. The smallest absolute Gasteiger partial charge is 0.408 e. The van der Waals surface area contributed by atoms with E-state index >= 15 is 0 Å². The summed E-state index contributed by atoms with van der Waals surface area (Å²) in [5, 5.41) is 5.85. The first-order chi connectivity index (χ1) is 19.1. The van der Waals surface area contributed by atoms with Crippen LogP contribution in [0.1, 0.15) is 47.1 Å². The van der Waals surface area contributed by atoms with E-state index in [1.54, 1.807) is 20.8 Å². The topological polar surface area (TPSA) is 90.9 Å². The van der Waals surface area contributed by atoms with Crippen molar-refractivity contribution in [2.45, 2.75) is 64.6 Å². The molecule has 1 unspecified atom stereocenters. The van der Waals surface area contributed by atoms with Crippen LogP contribution >= 0.6 is 0 Å². The highest BCUT2D eigenvalue weighted by molar-refractivity contribution is 7.89. The fraction of sp³-hybridized carbons (Fsp3) is 0.344. The third-order valence-corrected chi connectivity index (χ3v) is 12.4. The number of carbonyl (C=O) groups excluding carboxylic acids is 1. The van der Waals surface area contributed by atoms with Crippen molar-refractivity contribution in [3.63, 3.8) is 0 Å². The maximum atomic E-state index is 12.5. The number of rotatable bonds is 10. The largest absolute Gasteiger partial charge is 0.534 e. The van der Waals surface area contributed by atoms with Crippen molar-refractivity contribution >= 4 is 34.9 Å². The molecule has 1 amide bonds. The molecule has 1 N–H and O–H groups in total. The molecule has 9 heteroatoms. The number of benzene rings is 3. The zero-order valence-corrected chi connectivity index (χ0v) is 26.7. The van der Waals surface area contributed by atoms with Gasteiger partial charge >= 0.3 is 14.4 Å². The minimum absolute atomic E-state index is 0.186. The molecule has 0 aliphatic carbocycles. The summed E-state index contributed by atoms with van der Waals surface area (Å²) in [7, 11) is -5.56. The van der Waals surface area contributed by atoms with Crippen LogP contribution in [0.25, 0.3) is 0 Å². The van der Waals surface area contributed by atoms with E-state index in [4.69, 9.17) is 9.16 Å². The van der Waals surface area contributed by atoms with Crippen molar-refractivity contribution in [1.29, 1.82) is 0 Å². The number of hydrogen-bond acceptors (Lipinski definition) is 6. The van der Waals surface area contributed by atoms with Crippen LogP contribution < -0.4 is 20.1 Å². The lowest BCUT2D eigenvalue weighted by Gasteiger charge is -2.43. The molecule has 1 atom stereocenters. The van der Waals surface area contributed by atoms with Crippen molar-refractivity contribution in [1.82, 2.24) is 5.32 Å². The van der Waals surface area contributed by atoms with Crippen LogP contribution in [-0.2, 0) is 25.5 Å². The van der Waals surface area contributed by atoms with Crippen LogP contribution in [-0.4, -0.2) is 41.6 Å². The van der Waals surface area contributed by atoms with E-state index in [1.165, 1.54) is 16.4 Å². The predicted molar refractivity (Wildman–Crippen MR) is 167 cm³/mol. The number of hydrogen-bond donors (Lipinski definition) is 1. The average molecular weight is 596 g/mol. The van der Waals surface area contributed by atoms with Gasteiger partial charge in [-0.15, -0.1) is 0 Å². The lowest BCUT2D eigenvalue weighted by atomic mass is 10.1. The highest BCUT2D eigenvalue weighted by atomic mass is 32.2. The molecule has 3 rings (SSSR count). The SMILES string of the molecule is COS(=O)(=O)/C=C/C(Cc1ccc(O[Si](c2ccccc2)(c2ccccc2)C(C)(C)C)cc1)NC(=O)OC(C)(C)C. The third-order valence-electron chi connectivity index (χ3n) is 6.48. The number of carbonyl (C=O) groups is 1. The highest BCUT2D eigenvalue weighted by Gasteiger charge is 2.52. The molecule has 220 valence electrons. The van der Waals surface area contributed by atoms with Crippen LogP contribution in [0.2, 0.25) is 5.04 Å². The van der Waals surface area contributed by atoms with Crippen LogP contribution in [0, 0.1) is 0 Å². The first-order valence-corrected chi connectivity index (χ1v) is 16.9. The summed E-state index contributed by atoms with van der Waals surface area (Å²) >= 11 is 0. The summed E-state index contributed by atoms with van der Waals surface area (Å²) in [5.74, 6) is 0.734. The molecule has 0 aliphatic heterocycles. The first-order valence-electron chi connectivity index (χ1n) is 13.5. The van der Waals surface area contributed by atoms with Gasteiger partial charge in [0.1, 0.15) is 11.4 Å². The highest BCUT2D eigenvalue weighted by Crippen LogP contribution is 2.37. The Balaban J connectivity index is 1.93. The molecule has 0 aromatic heterocycles. The molecule has 0 bridgehead atoms. The Labute approximate surface area is 245 Å². The second-order valence-electron chi connectivity index (χ2n) is 11.9. The van der Waals surface area contributed by atoms with Gasteiger partial charge in [0, 0.05) is 0 Å². The molecule has 0 saturated carbocycles. The molecule has 0 saturated heterocycles. The second kappa shape index (κ2) is 13.1. The van der Waals surface area contributed by atoms with E-state index in [9.17, 15) is 13.2 Å². The molecule has 7 nitrogen and oxygen atoms in total. The van der Waals surface area contributed by atoms with Gasteiger partial charge < -0.3 is 14.5 Å². The molecule has 3 aromatic carbocycles. The van der Waals surface area contributed by atoms with E-state index in [0.29, 0.717) is 6.42 Å². The first kappa shape index (κ1) is 32.1. The van der Waals surface area contributed by atoms with Gasteiger partial charge in [-0.05, 0) is 66.4 Å². The monoisotopic (exact) mass is 595 g/mol. The molecular weight excluding hydrogens is 555 g/mol. The van der Waals surface area contributed by atoms with Gasteiger partial charge in [0.05, 0.1) is 18.6 Å². The van der Waals surface area contributed by atoms with E-state index in [-0.39, 0.29) is 5.04 Å². The molecule has 0 radical (unpaired) electrons. The van der Waals surface area contributed by atoms with Gasteiger partial charge in [-0.3, -0.25) is 4.18 Å². The summed E-state index contributed by atoms with van der Waals surface area (Å²) in [4.78, 5) is 12.5. The van der Waals surface area contributed by atoms with E-state index in [0.717, 1.165) is 23.8 Å². The van der Waals surface area contributed by atoms with Gasteiger partial charge in [-0.1, -0.05) is 93.6 Å². The van der Waals surface area contributed by atoms with Gasteiger partial charge in [-0.2, -0.15) is 8.42 Å². The third kappa shape index (κ3) is 8.79. The molecule has 0 fully saturated rings. The van der Waals surface area contributed by atoms with Crippen molar-refractivity contribution in [3.05, 3.63) is 102 Å². The Morgan fingerprint density at radius 2 is 1.37 bits per heavy atom. The molecule has 3 aromatic rings. The van der Waals surface area contributed by atoms with Crippen molar-refractivity contribution in [3.8, 4) is 5.75 Å². The second-order valence-corrected chi connectivity index (χ2v) is 17.7. The zero-order chi connectivity index (χ0) is 30.3. The molecule has 0 heterocycles. The summed E-state index contributed by atoms with van der Waals surface area (Å²) in [5.41, 5.74) is 0.178. The van der Waals surface area contributed by atoms with Gasteiger partial charge in [0.15, 0.2) is 0 Å². The molecule has 41 heavy (non-hydrogen) atoms. The number of ether oxygens (including phenoxy) is 1. The number of nitrogens with one attached hydrogen (secondary N) is 1. The fourth-order valence-corrected chi connectivity index (χ4v) is 9.56. The minimum atomic E-state index is -3.86. The quantitative estimate of drug-likeness (QED) is 0.244. The Hall–Kier alpha value is -3.40. The standard InChI is InChI=1S/C32H41NO6SSi/c1-31(2,3)38-30(34)33-26(22-23-40(35,36)37-7)24-25-18-20-27(21-19-25)39-41(32(4,5)6,28-14-10-8-11-15-28)29-16-12-9-13-17-29/h8-23,26H,24H2,1-7H3,(H,33,34)/b23-22+. The maximum Gasteiger partial charge on any atom is 0.408 e. The lowest BCUT2D eigenvalue weighted by Crippen LogP contribution is -2.68. The Kier molecular flexibility index (Phi) is 10.2. The van der Waals surface area contributed by atoms with Crippen LogP contribution in [0.15, 0.2) is 96.4 Å². The predicted octanol–water partition coefficient (Wildman–Crippen LogP) is 5.55. The number of amides is 1. The van der Waals surface area contributed by atoms with Gasteiger partial charge in [0.25, 0.3) is 10.1 Å². The van der Waals surface area contributed by atoms with Gasteiger partial charge in [-0.25, -0.2) is 4.79 Å². The van der Waals surface area contributed by atoms with Crippen molar-refractivity contribution in [2.24, 2.45) is 0 Å². The van der Waals surface area contributed by atoms with Crippen molar-refractivity contribution < 1.29 is 26.6 Å². The van der Waals surface area contributed by atoms with Gasteiger partial charge in [0.2, 0.25) is 0 Å². The number of alkyl carbamates (subject to hydrolysis) is 1. The maximum absolute atomic E-state index is 12.5. The summed E-state index contributed by atoms with van der Waals surface area (Å²) in [6.45, 7) is 12.0. The minimum Gasteiger partial charge on any atom is -0.534 e. The van der Waals surface area contributed by atoms with Crippen molar-refractivity contribution in [2.75, 3.05) is 7.11 Å². The van der Waals surface area contributed by atoms with E-state index in [1.807, 2.05) is 60.7 Å². The molecular formula is C32H41NO6SSi. The Morgan fingerprint density at radius 3 is 1.80 bits per heavy atom. The van der Waals surface area contributed by atoms with Crippen LogP contribution in [0.4, 0.5) is 4.79 Å². The fourth-order valence-electron chi connectivity index (χ4n) is 4.65. The molecule has 0 aliphatic rings. The summed E-state index contributed by atoms with van der Waals surface area (Å²) < 4.78 is 40.7. The van der Waals surface area contributed by atoms with Crippen LogP contribution in [0.5, 0.6) is 5.75 Å². The zero-order valence-electron chi connectivity index (χ0n) is 24.9.